The molecule has 0 aromatic rings. The molecule has 15 heavy (non-hydrogen) atoms. The average Bonchev–Trinajstić information content (AvgIpc) is 2.00. The topological polar surface area (TPSA) is 29.4 Å². The maximum Gasteiger partial charge on any atom is 0.193 e. The van der Waals surface area contributed by atoms with Crippen LogP contribution < -0.4 is 0 Å². The highest BCUT2D eigenvalue weighted by Gasteiger charge is 2.27. The van der Waals surface area contributed by atoms with Crippen molar-refractivity contribution in [1.82, 2.24) is 0 Å². The molecule has 0 aliphatic rings. The molecule has 6 heteroatoms. The fourth-order valence-corrected chi connectivity index (χ4v) is 1.37. The molecule has 0 heterocycles. The van der Waals surface area contributed by atoms with Crippen molar-refractivity contribution in [2.75, 3.05) is 0 Å². The smallest absolute Gasteiger partial charge is 0.193 e. The summed E-state index contributed by atoms with van der Waals surface area (Å²) in [6.07, 6.45) is 2.06. The van der Waals surface area contributed by atoms with Crippen LogP contribution in [0.5, 0.6) is 0 Å². The Hall–Kier alpha value is 0.690. The van der Waals surface area contributed by atoms with E-state index < -0.39 is 14.8 Å². The molecule has 90 valence electrons. The fraction of sp³-hybridized carbons (Fsp3) is 0.889. The van der Waals surface area contributed by atoms with Gasteiger partial charge in [-0.1, -0.05) is 41.7 Å². The molecule has 0 saturated carbocycles. The summed E-state index contributed by atoms with van der Waals surface area (Å²) in [4.78, 5) is 0. The molecule has 0 aromatic carbocycles. The van der Waals surface area contributed by atoms with Crippen LogP contribution in [-0.4, -0.2) is 19.0 Å². The van der Waals surface area contributed by atoms with E-state index in [9.17, 15) is 4.21 Å². The van der Waals surface area contributed by atoms with Crippen LogP contribution >= 0.6 is 34.8 Å². The van der Waals surface area contributed by atoms with Crippen molar-refractivity contribution in [2.24, 2.45) is 10.3 Å². The third-order valence-corrected chi connectivity index (χ3v) is 4.22. The summed E-state index contributed by atoms with van der Waals surface area (Å²) >= 11 is 17.0. The van der Waals surface area contributed by atoms with E-state index in [1.807, 2.05) is 20.8 Å². The second-order valence-corrected chi connectivity index (χ2v) is 8.63. The number of alkyl halides is 3. The standard InChI is InChI=1S/C9H16Cl3NOS/c1-7(9(10,11)12)5-6-13-15(14)8(2,3)4/h6-7H,5H2,1-4H3/b13-6+/t7-,15-/m0/s1. The van der Waals surface area contributed by atoms with Crippen LogP contribution in [0.3, 0.4) is 0 Å². The molecule has 2 nitrogen and oxygen atoms in total. The third-order valence-electron chi connectivity index (χ3n) is 1.71. The lowest BCUT2D eigenvalue weighted by molar-refractivity contribution is 0.629. The van der Waals surface area contributed by atoms with Crippen molar-refractivity contribution >= 4 is 52.0 Å². The first-order chi connectivity index (χ1) is 6.55. The molecule has 0 aliphatic heterocycles. The first kappa shape index (κ1) is 15.7. The van der Waals surface area contributed by atoms with Gasteiger partial charge in [0.2, 0.25) is 0 Å². The largest absolute Gasteiger partial charge is 0.234 e. The Morgan fingerprint density at radius 2 is 1.80 bits per heavy atom. The van der Waals surface area contributed by atoms with Gasteiger partial charge >= 0.3 is 0 Å². The summed E-state index contributed by atoms with van der Waals surface area (Å²) in [6.45, 7) is 7.38. The zero-order chi connectivity index (χ0) is 12.3. The Bertz CT molecular complexity index is 255. The maximum absolute atomic E-state index is 11.5. The molecule has 0 aromatic heterocycles. The minimum Gasteiger partial charge on any atom is -0.234 e. The Morgan fingerprint density at radius 3 is 2.13 bits per heavy atom. The summed E-state index contributed by atoms with van der Waals surface area (Å²) in [5.41, 5.74) is 0. The summed E-state index contributed by atoms with van der Waals surface area (Å²) in [5.74, 6) is -0.150. The van der Waals surface area contributed by atoms with Gasteiger partial charge in [-0.2, -0.15) is 4.40 Å². The van der Waals surface area contributed by atoms with Gasteiger partial charge in [0.15, 0.2) is 3.79 Å². The first-order valence-corrected chi connectivity index (χ1v) is 6.80. The predicted octanol–water partition coefficient (Wildman–Crippen LogP) is 3.92. The summed E-state index contributed by atoms with van der Waals surface area (Å²) < 4.78 is 13.8. The van der Waals surface area contributed by atoms with Gasteiger partial charge in [-0.3, -0.25) is 0 Å². The van der Waals surface area contributed by atoms with Crippen molar-refractivity contribution < 1.29 is 4.21 Å². The molecule has 0 fully saturated rings. The van der Waals surface area contributed by atoms with Crippen LogP contribution in [0.2, 0.25) is 0 Å². The van der Waals surface area contributed by atoms with Crippen LogP contribution in [0.15, 0.2) is 4.40 Å². The van der Waals surface area contributed by atoms with Gasteiger partial charge in [0.25, 0.3) is 0 Å². The van der Waals surface area contributed by atoms with Crippen molar-refractivity contribution in [2.45, 2.75) is 42.7 Å². The van der Waals surface area contributed by atoms with E-state index in [4.69, 9.17) is 34.8 Å². The van der Waals surface area contributed by atoms with E-state index >= 15 is 0 Å². The highest BCUT2D eigenvalue weighted by Crippen LogP contribution is 2.36. The van der Waals surface area contributed by atoms with Crippen molar-refractivity contribution in [3.8, 4) is 0 Å². The average molecular weight is 293 g/mol. The molecule has 2 atom stereocenters. The highest BCUT2D eigenvalue weighted by molar-refractivity contribution is 7.85. The van der Waals surface area contributed by atoms with Crippen molar-refractivity contribution in [3.63, 3.8) is 0 Å². The molecule has 0 amide bonds. The van der Waals surface area contributed by atoms with E-state index in [0.29, 0.717) is 6.42 Å². The number of rotatable bonds is 3. The fourth-order valence-electron chi connectivity index (χ4n) is 0.561. The van der Waals surface area contributed by atoms with Gasteiger partial charge in [0.05, 0.1) is 4.75 Å². The van der Waals surface area contributed by atoms with Gasteiger partial charge in [0, 0.05) is 12.1 Å². The van der Waals surface area contributed by atoms with Gasteiger partial charge in [-0.25, -0.2) is 4.21 Å². The van der Waals surface area contributed by atoms with Gasteiger partial charge in [-0.15, -0.1) is 0 Å². The normalized spacial score (nSPS) is 18.1. The lowest BCUT2D eigenvalue weighted by Gasteiger charge is -2.18. The van der Waals surface area contributed by atoms with Crippen LogP contribution in [0.4, 0.5) is 0 Å². The lowest BCUT2D eigenvalue weighted by Crippen LogP contribution is -2.20. The Morgan fingerprint density at radius 1 is 1.33 bits per heavy atom. The molecule has 0 bridgehead atoms. The number of nitrogens with zero attached hydrogens (tertiary/aromatic N) is 1. The lowest BCUT2D eigenvalue weighted by atomic mass is 10.1. The third kappa shape index (κ3) is 6.77. The van der Waals surface area contributed by atoms with Crippen molar-refractivity contribution in [3.05, 3.63) is 0 Å². The summed E-state index contributed by atoms with van der Waals surface area (Å²) in [5, 5.41) is 0. The SMILES string of the molecule is C[C@@H](C/C=N/[S@@](=O)C(C)(C)C)C(Cl)(Cl)Cl. The van der Waals surface area contributed by atoms with E-state index in [0.717, 1.165) is 0 Å². The van der Waals surface area contributed by atoms with Crippen LogP contribution in [0.1, 0.15) is 34.1 Å². The summed E-state index contributed by atoms with van der Waals surface area (Å²) in [6, 6.07) is 0. The molecule has 0 saturated heterocycles. The molecule has 0 N–H and O–H groups in total. The Kier molecular flexibility index (Phi) is 6.12. The van der Waals surface area contributed by atoms with Crippen LogP contribution in [0, 0.1) is 5.92 Å². The monoisotopic (exact) mass is 291 g/mol. The highest BCUT2D eigenvalue weighted by atomic mass is 35.6. The van der Waals surface area contributed by atoms with E-state index in [1.54, 1.807) is 13.1 Å². The second kappa shape index (κ2) is 5.85. The number of hydrogen-bond donors (Lipinski definition) is 0. The molecular formula is C9H16Cl3NOS. The Labute approximate surface area is 109 Å². The van der Waals surface area contributed by atoms with Crippen LogP contribution in [0.25, 0.3) is 0 Å². The van der Waals surface area contributed by atoms with Crippen molar-refractivity contribution in [1.29, 1.82) is 0 Å². The second-order valence-electron chi connectivity index (χ2n) is 4.33. The molecular weight excluding hydrogens is 277 g/mol. The minimum atomic E-state index is -1.30. The molecule has 0 aliphatic carbocycles. The molecule has 0 spiro atoms. The van der Waals surface area contributed by atoms with E-state index in [-0.39, 0.29) is 10.7 Å². The Balaban J connectivity index is 4.18. The van der Waals surface area contributed by atoms with Crippen LogP contribution in [-0.2, 0) is 11.0 Å². The molecule has 0 rings (SSSR count). The number of halogens is 3. The maximum atomic E-state index is 11.5. The molecule has 0 unspecified atom stereocenters. The van der Waals surface area contributed by atoms with Gasteiger partial charge in [-0.05, 0) is 27.2 Å². The zero-order valence-corrected chi connectivity index (χ0v) is 12.3. The van der Waals surface area contributed by atoms with E-state index in [1.165, 1.54) is 0 Å². The number of hydrogen-bond acceptors (Lipinski definition) is 1. The van der Waals surface area contributed by atoms with E-state index in [2.05, 4.69) is 4.40 Å². The minimum absolute atomic E-state index is 0.150. The first-order valence-electron chi connectivity index (χ1n) is 4.56. The predicted molar refractivity (Wildman–Crippen MR) is 70.5 cm³/mol. The molecule has 0 radical (unpaired) electrons. The zero-order valence-electron chi connectivity index (χ0n) is 9.26. The quantitative estimate of drug-likeness (QED) is 0.573. The van der Waals surface area contributed by atoms with Gasteiger partial charge < -0.3 is 0 Å². The van der Waals surface area contributed by atoms with Gasteiger partial charge in [0.1, 0.15) is 11.0 Å². The summed E-state index contributed by atoms with van der Waals surface area (Å²) in [7, 11) is -1.24.